The second-order valence-corrected chi connectivity index (χ2v) is 6.16. The van der Waals surface area contributed by atoms with Crippen molar-refractivity contribution >= 4 is 34.6 Å². The summed E-state index contributed by atoms with van der Waals surface area (Å²) in [6.07, 6.45) is 0. The minimum Gasteiger partial charge on any atom is -0.478 e. The van der Waals surface area contributed by atoms with Gasteiger partial charge in [-0.25, -0.2) is 9.78 Å². The lowest BCUT2D eigenvalue weighted by Crippen LogP contribution is -2.11. The van der Waals surface area contributed by atoms with Gasteiger partial charge in [-0.3, -0.25) is 0 Å². The summed E-state index contributed by atoms with van der Waals surface area (Å²) in [5.41, 5.74) is 1.58. The first-order valence-corrected chi connectivity index (χ1v) is 7.32. The minimum atomic E-state index is -1.04. The number of hydrogen-bond acceptors (Lipinski definition) is 4. The van der Waals surface area contributed by atoms with Gasteiger partial charge in [0.15, 0.2) is 0 Å². The molecule has 20 heavy (non-hydrogen) atoms. The molecule has 2 rings (SSSR count). The number of thiazole rings is 1. The number of carbonyl (C=O) groups is 1. The molecule has 4 nitrogen and oxygen atoms in total. The van der Waals surface area contributed by atoms with E-state index in [4.69, 9.17) is 11.6 Å². The first-order valence-electron chi connectivity index (χ1n) is 6.12. The molecule has 6 heteroatoms. The Kier molecular flexibility index (Phi) is 4.30. The zero-order valence-electron chi connectivity index (χ0n) is 11.4. The summed E-state index contributed by atoms with van der Waals surface area (Å²) in [5.74, 6) is -1.04. The van der Waals surface area contributed by atoms with E-state index in [2.05, 4.69) is 10.3 Å². The third-order valence-corrected chi connectivity index (χ3v) is 4.50. The molecule has 1 aromatic carbocycles. The highest BCUT2D eigenvalue weighted by atomic mass is 35.5. The minimum absolute atomic E-state index is 0.0298. The Morgan fingerprint density at radius 2 is 2.15 bits per heavy atom. The largest absolute Gasteiger partial charge is 0.478 e. The molecule has 1 atom stereocenters. The third kappa shape index (κ3) is 2.94. The lowest BCUT2D eigenvalue weighted by atomic mass is 10.1. The average molecular weight is 311 g/mol. The Hall–Kier alpha value is -1.59. The molecule has 0 amide bonds. The van der Waals surface area contributed by atoms with Gasteiger partial charge in [-0.1, -0.05) is 17.7 Å². The molecular formula is C14H15ClN2O2S. The van der Waals surface area contributed by atoms with Crippen LogP contribution in [-0.2, 0) is 0 Å². The molecule has 2 N–H and O–H groups in total. The van der Waals surface area contributed by atoms with E-state index in [1.165, 1.54) is 0 Å². The van der Waals surface area contributed by atoms with E-state index in [0.29, 0.717) is 5.69 Å². The maximum Gasteiger partial charge on any atom is 0.339 e. The smallest absolute Gasteiger partial charge is 0.339 e. The molecule has 0 aliphatic rings. The molecule has 0 aliphatic carbocycles. The summed E-state index contributed by atoms with van der Waals surface area (Å²) in [4.78, 5) is 16.8. The van der Waals surface area contributed by atoms with Gasteiger partial charge in [-0.15, -0.1) is 11.3 Å². The van der Waals surface area contributed by atoms with Crippen LogP contribution in [0.15, 0.2) is 18.2 Å². The molecule has 2 aromatic rings. The zero-order chi connectivity index (χ0) is 14.9. The van der Waals surface area contributed by atoms with Gasteiger partial charge >= 0.3 is 5.97 Å². The lowest BCUT2D eigenvalue weighted by Gasteiger charge is -2.16. The number of aryl methyl sites for hydroxylation is 2. The molecule has 1 aromatic heterocycles. The number of aromatic nitrogens is 1. The number of hydrogen-bond donors (Lipinski definition) is 2. The molecule has 0 saturated heterocycles. The fourth-order valence-electron chi connectivity index (χ4n) is 2.11. The standard InChI is InChI=1S/C14H15ClN2O2S/c1-7-13(20-9(3)16-7)8(2)17-11-6-4-5-10(15)12(11)14(18)19/h4-6,8,17H,1-3H3,(H,18,19). The van der Waals surface area contributed by atoms with E-state index in [9.17, 15) is 9.90 Å². The van der Waals surface area contributed by atoms with Crippen LogP contribution >= 0.6 is 22.9 Å². The maximum atomic E-state index is 11.3. The van der Waals surface area contributed by atoms with Crippen molar-refractivity contribution in [2.45, 2.75) is 26.8 Å². The molecule has 0 aliphatic heterocycles. The predicted octanol–water partition coefficient (Wildman–Crippen LogP) is 4.28. The van der Waals surface area contributed by atoms with Crippen LogP contribution < -0.4 is 5.32 Å². The monoisotopic (exact) mass is 310 g/mol. The van der Waals surface area contributed by atoms with Crippen LogP contribution in [0.5, 0.6) is 0 Å². The van der Waals surface area contributed by atoms with Gasteiger partial charge in [0.25, 0.3) is 0 Å². The van der Waals surface area contributed by atoms with E-state index < -0.39 is 5.97 Å². The molecular weight excluding hydrogens is 296 g/mol. The van der Waals surface area contributed by atoms with E-state index in [1.54, 1.807) is 29.5 Å². The third-order valence-electron chi connectivity index (χ3n) is 2.93. The fourth-order valence-corrected chi connectivity index (χ4v) is 3.29. The van der Waals surface area contributed by atoms with Crippen LogP contribution in [0.4, 0.5) is 5.69 Å². The molecule has 0 radical (unpaired) electrons. The number of aromatic carboxylic acids is 1. The fraction of sp³-hybridized carbons (Fsp3) is 0.286. The summed E-state index contributed by atoms with van der Waals surface area (Å²) in [6, 6.07) is 4.99. The first kappa shape index (κ1) is 14.8. The molecule has 1 unspecified atom stereocenters. The highest BCUT2D eigenvalue weighted by Crippen LogP contribution is 2.31. The summed E-state index contributed by atoms with van der Waals surface area (Å²) in [5, 5.41) is 13.7. The second-order valence-electron chi connectivity index (χ2n) is 4.52. The van der Waals surface area contributed by atoms with Crippen molar-refractivity contribution in [1.29, 1.82) is 0 Å². The number of nitrogens with zero attached hydrogens (tertiary/aromatic N) is 1. The van der Waals surface area contributed by atoms with Gasteiger partial charge in [0.05, 0.1) is 27.5 Å². The second kappa shape index (κ2) is 5.81. The molecule has 0 spiro atoms. The number of anilines is 1. The Bertz CT molecular complexity index is 655. The number of carboxylic acid groups (broad SMARTS) is 1. The van der Waals surface area contributed by atoms with Crippen molar-refractivity contribution in [2.24, 2.45) is 0 Å². The quantitative estimate of drug-likeness (QED) is 0.884. The Labute approximate surface area is 126 Å². The molecule has 106 valence electrons. The van der Waals surface area contributed by atoms with Crippen LogP contribution in [0, 0.1) is 13.8 Å². The van der Waals surface area contributed by atoms with Gasteiger partial charge < -0.3 is 10.4 Å². The number of nitrogens with one attached hydrogen (secondary N) is 1. The normalized spacial score (nSPS) is 12.2. The van der Waals surface area contributed by atoms with Crippen LogP contribution in [-0.4, -0.2) is 16.1 Å². The first-order chi connectivity index (χ1) is 9.40. The summed E-state index contributed by atoms with van der Waals surface area (Å²) < 4.78 is 0. The summed E-state index contributed by atoms with van der Waals surface area (Å²) >= 11 is 7.56. The van der Waals surface area contributed by atoms with Crippen molar-refractivity contribution in [2.75, 3.05) is 5.32 Å². The van der Waals surface area contributed by atoms with Gasteiger partial charge in [0, 0.05) is 4.88 Å². The van der Waals surface area contributed by atoms with Gasteiger partial charge in [0.1, 0.15) is 5.56 Å². The van der Waals surface area contributed by atoms with Crippen molar-refractivity contribution < 1.29 is 9.90 Å². The highest BCUT2D eigenvalue weighted by Gasteiger charge is 2.18. The average Bonchev–Trinajstić information content (AvgIpc) is 2.68. The maximum absolute atomic E-state index is 11.3. The van der Waals surface area contributed by atoms with Crippen molar-refractivity contribution in [1.82, 2.24) is 4.98 Å². The van der Waals surface area contributed by atoms with Gasteiger partial charge in [-0.05, 0) is 32.9 Å². The number of halogens is 1. The zero-order valence-corrected chi connectivity index (χ0v) is 13.0. The molecule has 1 heterocycles. The van der Waals surface area contributed by atoms with Crippen LogP contribution in [0.25, 0.3) is 0 Å². The van der Waals surface area contributed by atoms with E-state index in [0.717, 1.165) is 15.6 Å². The van der Waals surface area contributed by atoms with Crippen molar-refractivity contribution in [3.63, 3.8) is 0 Å². The Balaban J connectivity index is 2.33. The molecule has 0 bridgehead atoms. The van der Waals surface area contributed by atoms with Gasteiger partial charge in [0.2, 0.25) is 0 Å². The number of rotatable bonds is 4. The van der Waals surface area contributed by atoms with E-state index in [1.807, 2.05) is 20.8 Å². The topological polar surface area (TPSA) is 62.2 Å². The van der Waals surface area contributed by atoms with Crippen LogP contribution in [0.3, 0.4) is 0 Å². The molecule has 0 saturated carbocycles. The summed E-state index contributed by atoms with van der Waals surface area (Å²) in [7, 11) is 0. The molecule has 0 fully saturated rings. The Morgan fingerprint density at radius 1 is 1.45 bits per heavy atom. The highest BCUT2D eigenvalue weighted by molar-refractivity contribution is 7.11. The van der Waals surface area contributed by atoms with Gasteiger partial charge in [-0.2, -0.15) is 0 Å². The van der Waals surface area contributed by atoms with Crippen LogP contribution in [0.2, 0.25) is 5.02 Å². The van der Waals surface area contributed by atoms with Crippen molar-refractivity contribution in [3.05, 3.63) is 44.4 Å². The number of benzene rings is 1. The predicted molar refractivity (Wildman–Crippen MR) is 82.0 cm³/mol. The summed E-state index contributed by atoms with van der Waals surface area (Å²) in [6.45, 7) is 5.88. The Morgan fingerprint density at radius 3 is 2.70 bits per heavy atom. The van der Waals surface area contributed by atoms with E-state index in [-0.39, 0.29) is 16.6 Å². The SMILES string of the molecule is Cc1nc(C)c(C(C)Nc2cccc(Cl)c2C(=O)O)s1. The van der Waals surface area contributed by atoms with Crippen LogP contribution in [0.1, 0.15) is 38.9 Å². The lowest BCUT2D eigenvalue weighted by molar-refractivity contribution is 0.0698. The van der Waals surface area contributed by atoms with E-state index >= 15 is 0 Å². The van der Waals surface area contributed by atoms with Crippen molar-refractivity contribution in [3.8, 4) is 0 Å². The number of carboxylic acids is 1.